The van der Waals surface area contributed by atoms with E-state index < -0.39 is 23.8 Å². The molecule has 1 aliphatic rings. The van der Waals surface area contributed by atoms with E-state index in [1.54, 1.807) is 13.8 Å². The highest BCUT2D eigenvalue weighted by Gasteiger charge is 2.42. The second-order valence-corrected chi connectivity index (χ2v) is 6.59. The van der Waals surface area contributed by atoms with Gasteiger partial charge in [0.2, 0.25) is 0 Å². The molecular formula is C14H22F3N3O3. The molecule has 0 bridgehead atoms. The van der Waals surface area contributed by atoms with Gasteiger partial charge in [-0.25, -0.2) is 0 Å². The van der Waals surface area contributed by atoms with E-state index >= 15 is 0 Å². The number of rotatable bonds is 5. The zero-order chi connectivity index (χ0) is 17.3. The molecular weight excluding hydrogens is 315 g/mol. The van der Waals surface area contributed by atoms with Crippen molar-refractivity contribution in [3.05, 3.63) is 11.7 Å². The quantitative estimate of drug-likeness (QED) is 0.885. The van der Waals surface area contributed by atoms with Crippen molar-refractivity contribution >= 4 is 0 Å². The topological polar surface area (TPSA) is 71.6 Å². The fourth-order valence-electron chi connectivity index (χ4n) is 2.81. The van der Waals surface area contributed by atoms with Crippen molar-refractivity contribution in [2.24, 2.45) is 0 Å². The van der Waals surface area contributed by atoms with Crippen molar-refractivity contribution in [2.75, 3.05) is 26.7 Å². The Labute approximate surface area is 132 Å². The van der Waals surface area contributed by atoms with Crippen LogP contribution in [-0.4, -0.2) is 58.7 Å². The first-order chi connectivity index (χ1) is 10.5. The minimum atomic E-state index is -4.38. The van der Waals surface area contributed by atoms with E-state index in [9.17, 15) is 18.3 Å². The van der Waals surface area contributed by atoms with Gasteiger partial charge in [-0.05, 0) is 26.7 Å². The zero-order valence-electron chi connectivity index (χ0n) is 13.5. The minimum Gasteiger partial charge on any atom is -0.389 e. The molecule has 0 spiro atoms. The van der Waals surface area contributed by atoms with Crippen LogP contribution in [-0.2, 0) is 16.8 Å². The molecule has 2 heterocycles. The van der Waals surface area contributed by atoms with Gasteiger partial charge in [0.15, 0.2) is 5.82 Å². The molecule has 0 unspecified atom stereocenters. The Morgan fingerprint density at radius 1 is 1.30 bits per heavy atom. The van der Waals surface area contributed by atoms with Gasteiger partial charge in [0.05, 0.1) is 5.60 Å². The van der Waals surface area contributed by atoms with Crippen molar-refractivity contribution in [1.29, 1.82) is 0 Å². The number of hydrogen-bond donors (Lipinski definition) is 1. The molecule has 0 atom stereocenters. The number of aromatic nitrogens is 2. The van der Waals surface area contributed by atoms with Gasteiger partial charge in [-0.15, -0.1) is 0 Å². The van der Waals surface area contributed by atoms with Crippen LogP contribution in [0.5, 0.6) is 0 Å². The number of hydrogen-bond acceptors (Lipinski definition) is 6. The van der Waals surface area contributed by atoms with E-state index in [0.717, 1.165) is 0 Å². The van der Waals surface area contributed by atoms with Crippen LogP contribution >= 0.6 is 0 Å². The molecule has 9 heteroatoms. The lowest BCUT2D eigenvalue weighted by Crippen LogP contribution is -2.48. The van der Waals surface area contributed by atoms with E-state index in [-0.39, 0.29) is 11.7 Å². The van der Waals surface area contributed by atoms with Crippen LogP contribution in [0.4, 0.5) is 13.2 Å². The summed E-state index contributed by atoms with van der Waals surface area (Å²) in [5, 5.41) is 13.3. The second kappa shape index (κ2) is 6.37. The molecule has 1 N–H and O–H groups in total. The number of methoxy groups -OCH3 is 1. The molecule has 2 rings (SSSR count). The first kappa shape index (κ1) is 18.2. The predicted octanol–water partition coefficient (Wildman–Crippen LogP) is 1.88. The molecule has 0 aromatic carbocycles. The fraction of sp³-hybridized carbons (Fsp3) is 0.857. The maximum atomic E-state index is 12.4. The molecule has 132 valence electrons. The van der Waals surface area contributed by atoms with Gasteiger partial charge in [0.1, 0.15) is 12.0 Å². The van der Waals surface area contributed by atoms with Gasteiger partial charge in [0, 0.05) is 26.7 Å². The molecule has 23 heavy (non-hydrogen) atoms. The van der Waals surface area contributed by atoms with E-state index in [1.165, 1.54) is 7.11 Å². The first-order valence-electron chi connectivity index (χ1n) is 7.43. The second-order valence-electron chi connectivity index (χ2n) is 6.59. The minimum absolute atomic E-state index is 0.0853. The molecule has 0 aliphatic carbocycles. The highest BCUT2D eigenvalue weighted by Crippen LogP contribution is 2.36. The lowest BCUT2D eigenvalue weighted by Gasteiger charge is -2.40. The number of β-amino-alcohol motifs (C(OH)–C–C–N with tert-alkyl or cyclic N) is 1. The van der Waals surface area contributed by atoms with Crippen LogP contribution in [0.15, 0.2) is 4.52 Å². The highest BCUT2D eigenvalue weighted by atomic mass is 19.4. The summed E-state index contributed by atoms with van der Waals surface area (Å²) in [6.45, 7) is 5.21. The third-order valence-electron chi connectivity index (χ3n) is 3.88. The number of alkyl halides is 3. The van der Waals surface area contributed by atoms with Crippen LogP contribution in [0.2, 0.25) is 0 Å². The summed E-state index contributed by atoms with van der Waals surface area (Å²) in [6.07, 6.45) is -4.58. The standard InChI is InChI=1S/C14H22F3N3O3/c1-12(2,21)9-20-6-4-13(22-3,5-7-20)11-18-10(19-23-11)8-14(15,16)17/h21H,4-9H2,1-3H3. The number of halogens is 3. The van der Waals surface area contributed by atoms with Crippen molar-refractivity contribution in [3.8, 4) is 0 Å². The summed E-state index contributed by atoms with van der Waals surface area (Å²) in [7, 11) is 1.49. The molecule has 1 aromatic heterocycles. The van der Waals surface area contributed by atoms with Crippen LogP contribution in [0.1, 0.15) is 38.4 Å². The van der Waals surface area contributed by atoms with Crippen molar-refractivity contribution in [1.82, 2.24) is 15.0 Å². The van der Waals surface area contributed by atoms with Crippen molar-refractivity contribution in [3.63, 3.8) is 0 Å². The van der Waals surface area contributed by atoms with Gasteiger partial charge >= 0.3 is 6.18 Å². The Hall–Kier alpha value is -1.19. The summed E-state index contributed by atoms with van der Waals surface area (Å²) in [5.74, 6) is -0.301. The third kappa shape index (κ3) is 4.89. The number of piperidine rings is 1. The molecule has 1 fully saturated rings. The Morgan fingerprint density at radius 3 is 2.39 bits per heavy atom. The highest BCUT2D eigenvalue weighted by molar-refractivity contribution is 5.03. The fourth-order valence-corrected chi connectivity index (χ4v) is 2.81. The number of nitrogens with zero attached hydrogens (tertiary/aromatic N) is 3. The first-order valence-corrected chi connectivity index (χ1v) is 7.43. The van der Waals surface area contributed by atoms with Crippen LogP contribution in [0.3, 0.4) is 0 Å². The van der Waals surface area contributed by atoms with Crippen LogP contribution in [0, 0.1) is 0 Å². The number of aliphatic hydroxyl groups is 1. The Balaban J connectivity index is 2.06. The van der Waals surface area contributed by atoms with Crippen LogP contribution < -0.4 is 0 Å². The molecule has 6 nitrogen and oxygen atoms in total. The van der Waals surface area contributed by atoms with Crippen molar-refractivity contribution in [2.45, 2.75) is 50.5 Å². The van der Waals surface area contributed by atoms with Gasteiger partial charge in [-0.2, -0.15) is 18.2 Å². The summed E-state index contributed by atoms with van der Waals surface area (Å²) in [5.41, 5.74) is -1.68. The molecule has 1 aromatic rings. The summed E-state index contributed by atoms with van der Waals surface area (Å²) in [4.78, 5) is 5.94. The Morgan fingerprint density at radius 2 is 1.91 bits per heavy atom. The summed E-state index contributed by atoms with van der Waals surface area (Å²) < 4.78 is 47.7. The number of likely N-dealkylation sites (tertiary alicyclic amines) is 1. The summed E-state index contributed by atoms with van der Waals surface area (Å²) in [6, 6.07) is 0. The van der Waals surface area contributed by atoms with Crippen LogP contribution in [0.25, 0.3) is 0 Å². The molecule has 0 amide bonds. The lowest BCUT2D eigenvalue weighted by molar-refractivity contribution is -0.128. The van der Waals surface area contributed by atoms with E-state index in [4.69, 9.17) is 9.26 Å². The Bertz CT molecular complexity index is 517. The maximum Gasteiger partial charge on any atom is 0.396 e. The number of ether oxygens (including phenoxy) is 1. The molecule has 1 saturated heterocycles. The smallest absolute Gasteiger partial charge is 0.389 e. The van der Waals surface area contributed by atoms with E-state index in [1.807, 2.05) is 0 Å². The molecule has 1 aliphatic heterocycles. The van der Waals surface area contributed by atoms with Gasteiger partial charge in [-0.3, -0.25) is 0 Å². The zero-order valence-corrected chi connectivity index (χ0v) is 13.5. The summed E-state index contributed by atoms with van der Waals surface area (Å²) >= 11 is 0. The largest absolute Gasteiger partial charge is 0.396 e. The molecule has 0 saturated carbocycles. The monoisotopic (exact) mass is 337 g/mol. The lowest BCUT2D eigenvalue weighted by atomic mass is 9.90. The molecule has 0 radical (unpaired) electrons. The van der Waals surface area contributed by atoms with E-state index in [2.05, 4.69) is 15.0 Å². The van der Waals surface area contributed by atoms with Crippen molar-refractivity contribution < 1.29 is 27.5 Å². The average Bonchev–Trinajstić information content (AvgIpc) is 2.85. The third-order valence-corrected chi connectivity index (χ3v) is 3.88. The maximum absolute atomic E-state index is 12.4. The Kier molecular flexibility index (Phi) is 5.03. The van der Waals surface area contributed by atoms with E-state index in [0.29, 0.717) is 32.5 Å². The van der Waals surface area contributed by atoms with Gasteiger partial charge in [-0.1, -0.05) is 5.16 Å². The van der Waals surface area contributed by atoms with Gasteiger partial charge in [0.25, 0.3) is 5.89 Å². The van der Waals surface area contributed by atoms with Gasteiger partial charge < -0.3 is 19.3 Å². The predicted molar refractivity (Wildman–Crippen MR) is 74.7 cm³/mol. The SMILES string of the molecule is COC1(c2nc(CC(F)(F)F)no2)CCN(CC(C)(C)O)CC1. The normalized spacial score (nSPS) is 20.0. The average molecular weight is 337 g/mol.